The number of hydrogen-bond donors (Lipinski definition) is 1. The first-order valence-corrected chi connectivity index (χ1v) is 5.66. The van der Waals surface area contributed by atoms with Crippen LogP contribution in [0, 0.1) is 19.7 Å². The van der Waals surface area contributed by atoms with E-state index in [-0.39, 0.29) is 17.0 Å². The molecule has 0 amide bonds. The van der Waals surface area contributed by atoms with E-state index in [0.29, 0.717) is 5.56 Å². The number of nitrogens with two attached hydrogens (primary N) is 1. The molecule has 0 aliphatic rings. The number of aryl methyl sites for hydroxylation is 2. The average molecular weight is 243 g/mol. The molecule has 0 atom stereocenters. The molecule has 0 saturated carbocycles. The molecule has 0 aromatic heterocycles. The van der Waals surface area contributed by atoms with Crippen molar-refractivity contribution in [2.24, 2.45) is 0 Å². The SMILES string of the molecule is Cc1ccc(C(=O)c2cccc(F)c2N)cc1C. The Labute approximate surface area is 105 Å². The van der Waals surface area contributed by atoms with Crippen LogP contribution < -0.4 is 5.73 Å². The number of benzene rings is 2. The van der Waals surface area contributed by atoms with E-state index in [1.54, 1.807) is 12.1 Å². The van der Waals surface area contributed by atoms with E-state index in [4.69, 9.17) is 5.73 Å². The third-order valence-electron chi connectivity index (χ3n) is 3.07. The summed E-state index contributed by atoms with van der Waals surface area (Å²) in [7, 11) is 0. The molecular formula is C15H14FNO. The Balaban J connectivity index is 2.48. The highest BCUT2D eigenvalue weighted by Gasteiger charge is 2.14. The number of anilines is 1. The number of ketones is 1. The molecule has 0 aliphatic heterocycles. The van der Waals surface area contributed by atoms with E-state index in [1.165, 1.54) is 18.2 Å². The van der Waals surface area contributed by atoms with Gasteiger partial charge in [0.1, 0.15) is 5.82 Å². The van der Waals surface area contributed by atoms with Gasteiger partial charge in [-0.15, -0.1) is 0 Å². The Morgan fingerprint density at radius 1 is 1.11 bits per heavy atom. The highest BCUT2D eigenvalue weighted by atomic mass is 19.1. The highest BCUT2D eigenvalue weighted by Crippen LogP contribution is 2.20. The van der Waals surface area contributed by atoms with E-state index in [0.717, 1.165) is 11.1 Å². The lowest BCUT2D eigenvalue weighted by atomic mass is 9.98. The Hall–Kier alpha value is -2.16. The molecule has 3 heteroatoms. The Morgan fingerprint density at radius 3 is 2.50 bits per heavy atom. The molecule has 2 rings (SSSR count). The highest BCUT2D eigenvalue weighted by molar-refractivity contribution is 6.12. The predicted molar refractivity (Wildman–Crippen MR) is 70.2 cm³/mol. The van der Waals surface area contributed by atoms with E-state index in [1.807, 2.05) is 19.9 Å². The van der Waals surface area contributed by atoms with E-state index < -0.39 is 5.82 Å². The number of halogens is 1. The van der Waals surface area contributed by atoms with Gasteiger partial charge in [-0.1, -0.05) is 18.2 Å². The minimum atomic E-state index is -0.565. The Morgan fingerprint density at radius 2 is 1.83 bits per heavy atom. The van der Waals surface area contributed by atoms with Crippen LogP contribution in [0.15, 0.2) is 36.4 Å². The summed E-state index contributed by atoms with van der Waals surface area (Å²) in [4.78, 5) is 12.2. The lowest BCUT2D eigenvalue weighted by Gasteiger charge is -2.07. The summed E-state index contributed by atoms with van der Waals surface area (Å²) in [6.45, 7) is 3.90. The van der Waals surface area contributed by atoms with Gasteiger partial charge in [-0.3, -0.25) is 4.79 Å². The van der Waals surface area contributed by atoms with Gasteiger partial charge in [0.2, 0.25) is 0 Å². The van der Waals surface area contributed by atoms with E-state index >= 15 is 0 Å². The van der Waals surface area contributed by atoms with Crippen LogP contribution in [0.25, 0.3) is 0 Å². The molecule has 2 aromatic rings. The number of hydrogen-bond acceptors (Lipinski definition) is 2. The molecule has 0 fully saturated rings. The smallest absolute Gasteiger partial charge is 0.195 e. The number of rotatable bonds is 2. The van der Waals surface area contributed by atoms with Crippen LogP contribution in [-0.4, -0.2) is 5.78 Å². The maximum atomic E-state index is 13.3. The van der Waals surface area contributed by atoms with Crippen molar-refractivity contribution >= 4 is 11.5 Å². The van der Waals surface area contributed by atoms with Crippen LogP contribution in [0.5, 0.6) is 0 Å². The largest absolute Gasteiger partial charge is 0.396 e. The van der Waals surface area contributed by atoms with E-state index in [9.17, 15) is 9.18 Å². The molecular weight excluding hydrogens is 229 g/mol. The molecule has 18 heavy (non-hydrogen) atoms. The van der Waals surface area contributed by atoms with Gasteiger partial charge in [0.05, 0.1) is 5.69 Å². The number of para-hydroxylation sites is 1. The second-order valence-corrected chi connectivity index (χ2v) is 4.33. The molecule has 2 nitrogen and oxygen atoms in total. The molecule has 0 spiro atoms. The molecule has 0 bridgehead atoms. The quantitative estimate of drug-likeness (QED) is 0.650. The van der Waals surface area contributed by atoms with Crippen molar-refractivity contribution in [3.8, 4) is 0 Å². The summed E-state index contributed by atoms with van der Waals surface area (Å²) in [6.07, 6.45) is 0. The number of nitrogen functional groups attached to an aromatic ring is 1. The first-order chi connectivity index (χ1) is 8.50. The zero-order chi connectivity index (χ0) is 13.3. The van der Waals surface area contributed by atoms with Crippen molar-refractivity contribution in [1.82, 2.24) is 0 Å². The second-order valence-electron chi connectivity index (χ2n) is 4.33. The fourth-order valence-corrected chi connectivity index (χ4v) is 1.77. The molecule has 0 unspecified atom stereocenters. The van der Waals surface area contributed by atoms with Crippen LogP contribution in [0.4, 0.5) is 10.1 Å². The zero-order valence-corrected chi connectivity index (χ0v) is 10.3. The zero-order valence-electron chi connectivity index (χ0n) is 10.3. The lowest BCUT2D eigenvalue weighted by molar-refractivity contribution is 0.103. The van der Waals surface area contributed by atoms with Gasteiger partial charge in [-0.25, -0.2) is 4.39 Å². The molecule has 0 radical (unpaired) electrons. The van der Waals surface area contributed by atoms with Crippen molar-refractivity contribution in [2.75, 3.05) is 5.73 Å². The average Bonchev–Trinajstić information content (AvgIpc) is 2.35. The summed E-state index contributed by atoms with van der Waals surface area (Å²) in [6, 6.07) is 9.66. The summed E-state index contributed by atoms with van der Waals surface area (Å²) >= 11 is 0. The van der Waals surface area contributed by atoms with Gasteiger partial charge in [-0.2, -0.15) is 0 Å². The second kappa shape index (κ2) is 4.61. The van der Waals surface area contributed by atoms with E-state index in [2.05, 4.69) is 0 Å². The van der Waals surface area contributed by atoms with Crippen molar-refractivity contribution in [2.45, 2.75) is 13.8 Å². The number of carbonyl (C=O) groups excluding carboxylic acids is 1. The van der Waals surface area contributed by atoms with Gasteiger partial charge < -0.3 is 5.73 Å². The van der Waals surface area contributed by atoms with Crippen LogP contribution in [0.2, 0.25) is 0 Å². The molecule has 0 aliphatic carbocycles. The van der Waals surface area contributed by atoms with Crippen molar-refractivity contribution in [3.63, 3.8) is 0 Å². The first kappa shape index (κ1) is 12.3. The van der Waals surface area contributed by atoms with Crippen molar-refractivity contribution < 1.29 is 9.18 Å². The standard InChI is InChI=1S/C15H14FNO/c1-9-6-7-11(8-10(9)2)15(18)12-4-3-5-13(16)14(12)17/h3-8H,17H2,1-2H3. The predicted octanol–water partition coefficient (Wildman–Crippen LogP) is 3.26. The monoisotopic (exact) mass is 243 g/mol. The number of carbonyl (C=O) groups is 1. The van der Waals surface area contributed by atoms with Crippen LogP contribution in [0.3, 0.4) is 0 Å². The third-order valence-corrected chi connectivity index (χ3v) is 3.07. The van der Waals surface area contributed by atoms with Crippen molar-refractivity contribution in [1.29, 1.82) is 0 Å². The van der Waals surface area contributed by atoms with Gasteiger partial charge in [0, 0.05) is 11.1 Å². The fraction of sp³-hybridized carbons (Fsp3) is 0.133. The van der Waals surface area contributed by atoms with Crippen molar-refractivity contribution in [3.05, 3.63) is 64.5 Å². The maximum Gasteiger partial charge on any atom is 0.195 e. The minimum absolute atomic E-state index is 0.0965. The molecule has 0 saturated heterocycles. The fourth-order valence-electron chi connectivity index (χ4n) is 1.77. The third kappa shape index (κ3) is 2.12. The lowest BCUT2D eigenvalue weighted by Crippen LogP contribution is -2.07. The summed E-state index contributed by atoms with van der Waals surface area (Å²) in [5.41, 5.74) is 8.36. The van der Waals surface area contributed by atoms with Gasteiger partial charge in [0.25, 0.3) is 0 Å². The summed E-state index contributed by atoms with van der Waals surface area (Å²) in [5, 5.41) is 0. The van der Waals surface area contributed by atoms with Gasteiger partial charge in [0.15, 0.2) is 5.78 Å². The molecule has 92 valence electrons. The molecule has 0 heterocycles. The first-order valence-electron chi connectivity index (χ1n) is 5.66. The molecule has 2 N–H and O–H groups in total. The van der Waals surface area contributed by atoms with Gasteiger partial charge >= 0.3 is 0 Å². The maximum absolute atomic E-state index is 13.3. The van der Waals surface area contributed by atoms with Gasteiger partial charge in [-0.05, 0) is 43.2 Å². The van der Waals surface area contributed by atoms with Crippen LogP contribution in [-0.2, 0) is 0 Å². The van der Waals surface area contributed by atoms with Crippen LogP contribution in [0.1, 0.15) is 27.0 Å². The summed E-state index contributed by atoms with van der Waals surface area (Å²) < 4.78 is 13.3. The minimum Gasteiger partial charge on any atom is -0.396 e. The topological polar surface area (TPSA) is 43.1 Å². The van der Waals surface area contributed by atoms with Crippen LogP contribution >= 0.6 is 0 Å². The Bertz CT molecular complexity index is 620. The Kier molecular flexibility index (Phi) is 3.15. The normalized spacial score (nSPS) is 10.4. The molecule has 2 aromatic carbocycles. The summed E-state index contributed by atoms with van der Waals surface area (Å²) in [5.74, 6) is -0.820.